The normalized spacial score (nSPS) is 26.3. The van der Waals surface area contributed by atoms with Crippen LogP contribution in [0.15, 0.2) is 0 Å². The summed E-state index contributed by atoms with van der Waals surface area (Å²) in [5.41, 5.74) is 0. The average molecular weight is 190 g/mol. The second-order valence-corrected chi connectivity index (χ2v) is 3.13. The summed E-state index contributed by atoms with van der Waals surface area (Å²) in [5.74, 6) is 0. The summed E-state index contributed by atoms with van der Waals surface area (Å²) in [4.78, 5) is 0. The molecule has 1 fully saturated rings. The lowest BCUT2D eigenvalue weighted by Gasteiger charge is -2.22. The molecule has 0 aromatic rings. The van der Waals surface area contributed by atoms with Crippen LogP contribution in [0.4, 0.5) is 0 Å². The van der Waals surface area contributed by atoms with Gasteiger partial charge in [-0.25, -0.2) is 0 Å². The minimum Gasteiger partial charge on any atom is -0.390 e. The molecule has 0 aromatic carbocycles. The van der Waals surface area contributed by atoms with Gasteiger partial charge in [-0.1, -0.05) is 47.0 Å². The number of aliphatic hydroxyl groups is 2. The fraction of sp³-hybridized carbons (Fsp3) is 1.00. The SMILES string of the molecule is CC.CCC.OC1CCCCC1O. The highest BCUT2D eigenvalue weighted by atomic mass is 16.3. The van der Waals surface area contributed by atoms with E-state index in [2.05, 4.69) is 13.8 Å². The van der Waals surface area contributed by atoms with E-state index in [9.17, 15) is 0 Å². The monoisotopic (exact) mass is 190 g/mol. The Kier molecular flexibility index (Phi) is 14.1. The summed E-state index contributed by atoms with van der Waals surface area (Å²) >= 11 is 0. The van der Waals surface area contributed by atoms with E-state index in [1.54, 1.807) is 0 Å². The van der Waals surface area contributed by atoms with Gasteiger partial charge in [-0.2, -0.15) is 0 Å². The van der Waals surface area contributed by atoms with Crippen molar-refractivity contribution < 1.29 is 10.2 Å². The molecule has 2 atom stereocenters. The number of rotatable bonds is 0. The lowest BCUT2D eigenvalue weighted by Crippen LogP contribution is -2.28. The molecule has 1 saturated carbocycles. The van der Waals surface area contributed by atoms with Gasteiger partial charge >= 0.3 is 0 Å². The first-order valence-corrected chi connectivity index (χ1v) is 5.58. The minimum absolute atomic E-state index is 0.441. The largest absolute Gasteiger partial charge is 0.390 e. The van der Waals surface area contributed by atoms with E-state index in [0.717, 1.165) is 25.7 Å². The lowest BCUT2D eigenvalue weighted by atomic mass is 9.95. The minimum atomic E-state index is -0.441. The van der Waals surface area contributed by atoms with Crippen molar-refractivity contribution in [1.29, 1.82) is 0 Å². The predicted octanol–water partition coefficient (Wildman–Crippen LogP) is 2.72. The molecule has 0 heterocycles. The van der Waals surface area contributed by atoms with Gasteiger partial charge in [0.05, 0.1) is 12.2 Å². The van der Waals surface area contributed by atoms with Gasteiger partial charge in [0.15, 0.2) is 0 Å². The zero-order valence-electron chi connectivity index (χ0n) is 9.58. The highest BCUT2D eigenvalue weighted by Crippen LogP contribution is 2.17. The van der Waals surface area contributed by atoms with Gasteiger partial charge in [-0.3, -0.25) is 0 Å². The Morgan fingerprint density at radius 2 is 1.15 bits per heavy atom. The summed E-state index contributed by atoms with van der Waals surface area (Å²) in [7, 11) is 0. The maximum Gasteiger partial charge on any atom is 0.0799 e. The van der Waals surface area contributed by atoms with Crippen LogP contribution in [0, 0.1) is 0 Å². The number of hydrogen-bond donors (Lipinski definition) is 2. The third-order valence-corrected chi connectivity index (χ3v) is 1.69. The van der Waals surface area contributed by atoms with Crippen LogP contribution < -0.4 is 0 Å². The smallest absolute Gasteiger partial charge is 0.0799 e. The topological polar surface area (TPSA) is 40.5 Å². The summed E-state index contributed by atoms with van der Waals surface area (Å²) in [5, 5.41) is 17.9. The summed E-state index contributed by atoms with van der Waals surface area (Å²) in [6.45, 7) is 8.25. The molecule has 1 aliphatic rings. The van der Waals surface area contributed by atoms with Crippen molar-refractivity contribution in [2.45, 2.75) is 72.0 Å². The first-order chi connectivity index (χ1) is 6.22. The van der Waals surface area contributed by atoms with Gasteiger partial charge in [0.2, 0.25) is 0 Å². The van der Waals surface area contributed by atoms with Crippen LogP contribution in [0.5, 0.6) is 0 Å². The average Bonchev–Trinajstić information content (AvgIpc) is 2.15. The van der Waals surface area contributed by atoms with Crippen LogP contribution >= 0.6 is 0 Å². The molecule has 0 aromatic heterocycles. The molecule has 0 amide bonds. The van der Waals surface area contributed by atoms with E-state index in [4.69, 9.17) is 10.2 Å². The van der Waals surface area contributed by atoms with Gasteiger partial charge in [0, 0.05) is 0 Å². The van der Waals surface area contributed by atoms with E-state index in [-0.39, 0.29) is 0 Å². The molecule has 82 valence electrons. The molecule has 1 rings (SSSR count). The Balaban J connectivity index is 0. The van der Waals surface area contributed by atoms with Crippen LogP contribution in [0.2, 0.25) is 0 Å². The molecule has 1 aliphatic carbocycles. The molecular formula is C11H26O2. The number of hydrogen-bond acceptors (Lipinski definition) is 2. The van der Waals surface area contributed by atoms with Gasteiger partial charge in [-0.05, 0) is 12.8 Å². The zero-order chi connectivity index (χ0) is 10.7. The molecular weight excluding hydrogens is 164 g/mol. The Morgan fingerprint density at radius 3 is 1.31 bits per heavy atom. The lowest BCUT2D eigenvalue weighted by molar-refractivity contribution is -0.00865. The highest BCUT2D eigenvalue weighted by molar-refractivity contribution is 4.72. The van der Waals surface area contributed by atoms with Gasteiger partial charge in [0.1, 0.15) is 0 Å². The molecule has 13 heavy (non-hydrogen) atoms. The Labute approximate surface area is 83.0 Å². The first kappa shape index (κ1) is 15.4. The fourth-order valence-corrected chi connectivity index (χ4v) is 1.09. The predicted molar refractivity (Wildman–Crippen MR) is 57.8 cm³/mol. The van der Waals surface area contributed by atoms with Crippen molar-refractivity contribution >= 4 is 0 Å². The van der Waals surface area contributed by atoms with E-state index in [0.29, 0.717) is 0 Å². The zero-order valence-corrected chi connectivity index (χ0v) is 9.58. The van der Waals surface area contributed by atoms with Gasteiger partial charge in [-0.15, -0.1) is 0 Å². The molecule has 0 saturated heterocycles. The van der Waals surface area contributed by atoms with Crippen molar-refractivity contribution in [3.8, 4) is 0 Å². The second kappa shape index (κ2) is 11.9. The molecule has 2 N–H and O–H groups in total. The van der Waals surface area contributed by atoms with E-state index in [1.807, 2.05) is 13.8 Å². The third kappa shape index (κ3) is 9.84. The van der Waals surface area contributed by atoms with E-state index in [1.165, 1.54) is 6.42 Å². The van der Waals surface area contributed by atoms with Crippen LogP contribution in [0.3, 0.4) is 0 Å². The van der Waals surface area contributed by atoms with E-state index >= 15 is 0 Å². The Morgan fingerprint density at radius 1 is 0.923 bits per heavy atom. The second-order valence-electron chi connectivity index (χ2n) is 3.13. The molecule has 0 radical (unpaired) electrons. The Hall–Kier alpha value is -0.0800. The van der Waals surface area contributed by atoms with Crippen LogP contribution in [-0.2, 0) is 0 Å². The maximum absolute atomic E-state index is 8.93. The fourth-order valence-electron chi connectivity index (χ4n) is 1.09. The third-order valence-electron chi connectivity index (χ3n) is 1.69. The molecule has 2 heteroatoms. The molecule has 2 unspecified atom stereocenters. The molecule has 2 nitrogen and oxygen atoms in total. The van der Waals surface area contributed by atoms with Crippen LogP contribution in [0.25, 0.3) is 0 Å². The van der Waals surface area contributed by atoms with Crippen LogP contribution in [0.1, 0.15) is 59.8 Å². The summed E-state index contributed by atoms with van der Waals surface area (Å²) < 4.78 is 0. The molecule has 0 aliphatic heterocycles. The number of aliphatic hydroxyl groups excluding tert-OH is 2. The summed E-state index contributed by atoms with van der Waals surface area (Å²) in [6, 6.07) is 0. The standard InChI is InChI=1S/C6H12O2.C3H8.C2H6/c7-5-3-1-2-4-6(5)8;1-3-2;1-2/h5-8H,1-4H2;3H2,1-2H3;1-2H3. The van der Waals surface area contributed by atoms with Gasteiger partial charge < -0.3 is 10.2 Å². The molecule has 0 bridgehead atoms. The van der Waals surface area contributed by atoms with E-state index < -0.39 is 12.2 Å². The van der Waals surface area contributed by atoms with Crippen LogP contribution in [-0.4, -0.2) is 22.4 Å². The summed E-state index contributed by atoms with van der Waals surface area (Å²) in [6.07, 6.45) is 4.06. The maximum atomic E-state index is 8.93. The highest BCUT2D eigenvalue weighted by Gasteiger charge is 2.19. The van der Waals surface area contributed by atoms with Crippen molar-refractivity contribution in [2.24, 2.45) is 0 Å². The quantitative estimate of drug-likeness (QED) is 0.616. The van der Waals surface area contributed by atoms with Crippen molar-refractivity contribution in [3.63, 3.8) is 0 Å². The molecule has 0 spiro atoms. The van der Waals surface area contributed by atoms with Crippen molar-refractivity contribution in [2.75, 3.05) is 0 Å². The van der Waals surface area contributed by atoms with Crippen molar-refractivity contribution in [3.05, 3.63) is 0 Å². The first-order valence-electron chi connectivity index (χ1n) is 5.58. The Bertz CT molecular complexity index is 74.2. The van der Waals surface area contributed by atoms with Gasteiger partial charge in [0.25, 0.3) is 0 Å². The van der Waals surface area contributed by atoms with Crippen molar-refractivity contribution in [1.82, 2.24) is 0 Å².